The van der Waals surface area contributed by atoms with Gasteiger partial charge >= 0.3 is 0 Å². The normalized spacial score (nSPS) is 20.4. The number of imidazole rings is 1. The Bertz CT molecular complexity index is 567. The van der Waals surface area contributed by atoms with Gasteiger partial charge in [-0.05, 0) is 38.4 Å². The fourth-order valence-corrected chi connectivity index (χ4v) is 3.27. The van der Waals surface area contributed by atoms with E-state index in [4.69, 9.17) is 5.73 Å². The largest absolute Gasteiger partial charge is 0.327 e. The summed E-state index contributed by atoms with van der Waals surface area (Å²) < 4.78 is 2.17. The van der Waals surface area contributed by atoms with Crippen molar-refractivity contribution in [1.29, 1.82) is 0 Å². The van der Waals surface area contributed by atoms with E-state index in [-0.39, 0.29) is 18.4 Å². The fraction of sp³-hybridized carbons (Fsp3) is 0.471. The zero-order chi connectivity index (χ0) is 14.7. The number of hydrogen-bond donors (Lipinski definition) is 1. The molecule has 4 nitrogen and oxygen atoms in total. The molecule has 0 saturated carbocycles. The molecule has 1 aromatic heterocycles. The highest BCUT2D eigenvalue weighted by atomic mass is 35.5. The second-order valence-electron chi connectivity index (χ2n) is 5.94. The molecular formula is C17H25ClN4. The van der Waals surface area contributed by atoms with E-state index in [9.17, 15) is 0 Å². The minimum atomic E-state index is 0. The molecule has 2 atom stereocenters. The first-order chi connectivity index (χ1) is 10.3. The average molecular weight is 321 g/mol. The third kappa shape index (κ3) is 3.69. The maximum Gasteiger partial charge on any atom is 0.127 e. The summed E-state index contributed by atoms with van der Waals surface area (Å²) in [6, 6.07) is 11.1. The fourth-order valence-electron chi connectivity index (χ4n) is 3.27. The van der Waals surface area contributed by atoms with Crippen LogP contribution in [0.5, 0.6) is 0 Å². The highest BCUT2D eigenvalue weighted by Crippen LogP contribution is 2.22. The zero-order valence-electron chi connectivity index (χ0n) is 13.1. The van der Waals surface area contributed by atoms with Crippen LogP contribution in [0.15, 0.2) is 42.7 Å². The Kier molecular flexibility index (Phi) is 6.00. The van der Waals surface area contributed by atoms with Gasteiger partial charge in [-0.25, -0.2) is 4.98 Å². The van der Waals surface area contributed by atoms with Crippen LogP contribution in [0.2, 0.25) is 0 Å². The summed E-state index contributed by atoms with van der Waals surface area (Å²) in [4.78, 5) is 7.06. The van der Waals surface area contributed by atoms with Crippen LogP contribution in [0.3, 0.4) is 0 Å². The highest BCUT2D eigenvalue weighted by Gasteiger charge is 2.26. The highest BCUT2D eigenvalue weighted by molar-refractivity contribution is 5.85. The van der Waals surface area contributed by atoms with Crippen LogP contribution >= 0.6 is 12.4 Å². The van der Waals surface area contributed by atoms with E-state index in [2.05, 4.69) is 45.6 Å². The van der Waals surface area contributed by atoms with E-state index < -0.39 is 0 Å². The number of piperidine rings is 1. The molecule has 2 heterocycles. The summed E-state index contributed by atoms with van der Waals surface area (Å²) in [5, 5.41) is 0. The van der Waals surface area contributed by atoms with Crippen molar-refractivity contribution in [1.82, 2.24) is 14.5 Å². The minimum absolute atomic E-state index is 0. The number of rotatable bonds is 4. The average Bonchev–Trinajstić information content (AvgIpc) is 2.96. The van der Waals surface area contributed by atoms with E-state index in [1.165, 1.54) is 24.9 Å². The van der Waals surface area contributed by atoms with Crippen LogP contribution in [0.1, 0.15) is 32.0 Å². The number of likely N-dealkylation sites (tertiary alicyclic amines) is 1. The second kappa shape index (κ2) is 7.77. The summed E-state index contributed by atoms with van der Waals surface area (Å²) in [6.07, 6.45) is 7.66. The molecule has 0 spiro atoms. The Morgan fingerprint density at radius 2 is 2.05 bits per heavy atom. The molecule has 2 unspecified atom stereocenters. The zero-order valence-corrected chi connectivity index (χ0v) is 13.9. The number of benzene rings is 1. The molecule has 0 amide bonds. The third-order valence-corrected chi connectivity index (χ3v) is 4.37. The standard InChI is InChI=1S/C17H24N4.ClH/c1-14(18)16-9-5-6-11-20(16)13-17-19-10-12-21(17)15-7-3-2-4-8-15;/h2-4,7-8,10,12,14,16H,5-6,9,11,13,18H2,1H3;1H. The number of hydrogen-bond acceptors (Lipinski definition) is 3. The second-order valence-corrected chi connectivity index (χ2v) is 5.94. The van der Waals surface area contributed by atoms with Gasteiger partial charge in [0.1, 0.15) is 5.82 Å². The molecule has 2 aromatic rings. The van der Waals surface area contributed by atoms with Crippen molar-refractivity contribution in [3.05, 3.63) is 48.5 Å². The van der Waals surface area contributed by atoms with Gasteiger partial charge in [-0.2, -0.15) is 0 Å². The molecule has 22 heavy (non-hydrogen) atoms. The molecule has 1 fully saturated rings. The summed E-state index contributed by atoms with van der Waals surface area (Å²) in [7, 11) is 0. The van der Waals surface area contributed by atoms with Gasteiger partial charge in [0.25, 0.3) is 0 Å². The predicted molar refractivity (Wildman–Crippen MR) is 92.5 cm³/mol. The molecule has 120 valence electrons. The van der Waals surface area contributed by atoms with Crippen LogP contribution in [-0.2, 0) is 6.54 Å². The van der Waals surface area contributed by atoms with Crippen molar-refractivity contribution in [2.45, 2.75) is 44.8 Å². The predicted octanol–water partition coefficient (Wildman–Crippen LogP) is 3.00. The van der Waals surface area contributed by atoms with Crippen molar-refractivity contribution in [3.8, 4) is 5.69 Å². The summed E-state index contributed by atoms with van der Waals surface area (Å²) >= 11 is 0. The maximum absolute atomic E-state index is 6.17. The Hall–Kier alpha value is -1.36. The quantitative estimate of drug-likeness (QED) is 0.942. The SMILES string of the molecule is CC(N)C1CCCCN1Cc1nccn1-c1ccccc1.Cl. The molecule has 3 rings (SSSR count). The van der Waals surface area contributed by atoms with Crippen molar-refractivity contribution in [3.63, 3.8) is 0 Å². The van der Waals surface area contributed by atoms with Crippen LogP contribution in [-0.4, -0.2) is 33.1 Å². The van der Waals surface area contributed by atoms with Crippen molar-refractivity contribution in [2.75, 3.05) is 6.54 Å². The number of nitrogens with zero attached hydrogens (tertiary/aromatic N) is 3. The molecule has 1 saturated heterocycles. The van der Waals surface area contributed by atoms with Crippen molar-refractivity contribution >= 4 is 12.4 Å². The van der Waals surface area contributed by atoms with E-state index in [0.29, 0.717) is 6.04 Å². The third-order valence-electron chi connectivity index (χ3n) is 4.37. The van der Waals surface area contributed by atoms with Crippen molar-refractivity contribution < 1.29 is 0 Å². The Morgan fingerprint density at radius 3 is 2.77 bits per heavy atom. The van der Waals surface area contributed by atoms with Gasteiger partial charge in [-0.15, -0.1) is 12.4 Å². The molecule has 1 aliphatic rings. The lowest BCUT2D eigenvalue weighted by Crippen LogP contribution is -2.48. The number of halogens is 1. The monoisotopic (exact) mass is 320 g/mol. The van der Waals surface area contributed by atoms with Gasteiger partial charge in [-0.1, -0.05) is 24.6 Å². The lowest BCUT2D eigenvalue weighted by atomic mass is 9.97. The van der Waals surface area contributed by atoms with Crippen LogP contribution < -0.4 is 5.73 Å². The number of aromatic nitrogens is 2. The van der Waals surface area contributed by atoms with Gasteiger partial charge < -0.3 is 10.3 Å². The Morgan fingerprint density at radius 1 is 1.27 bits per heavy atom. The Labute approximate surface area is 138 Å². The smallest absolute Gasteiger partial charge is 0.127 e. The van der Waals surface area contributed by atoms with E-state index >= 15 is 0 Å². The topological polar surface area (TPSA) is 47.1 Å². The molecule has 2 N–H and O–H groups in total. The first kappa shape index (κ1) is 17.0. The first-order valence-electron chi connectivity index (χ1n) is 7.83. The molecule has 0 bridgehead atoms. The molecular weight excluding hydrogens is 296 g/mol. The van der Waals surface area contributed by atoms with Gasteiger partial charge in [0, 0.05) is 30.2 Å². The van der Waals surface area contributed by atoms with E-state index in [1.807, 2.05) is 18.5 Å². The first-order valence-corrected chi connectivity index (χ1v) is 7.83. The number of para-hydroxylation sites is 1. The Balaban J connectivity index is 0.00000176. The summed E-state index contributed by atoms with van der Waals surface area (Å²) in [5.41, 5.74) is 7.33. The molecule has 5 heteroatoms. The van der Waals surface area contributed by atoms with Gasteiger partial charge in [0.15, 0.2) is 0 Å². The number of nitrogens with two attached hydrogens (primary N) is 1. The molecule has 1 aliphatic heterocycles. The lowest BCUT2D eigenvalue weighted by Gasteiger charge is -2.37. The van der Waals surface area contributed by atoms with Crippen molar-refractivity contribution in [2.24, 2.45) is 5.73 Å². The molecule has 0 aliphatic carbocycles. The summed E-state index contributed by atoms with van der Waals surface area (Å²) in [5.74, 6) is 1.09. The van der Waals surface area contributed by atoms with Gasteiger partial charge in [-0.3, -0.25) is 4.90 Å². The molecule has 0 radical (unpaired) electrons. The van der Waals surface area contributed by atoms with Crippen LogP contribution in [0.4, 0.5) is 0 Å². The molecule has 1 aromatic carbocycles. The van der Waals surface area contributed by atoms with Gasteiger partial charge in [0.2, 0.25) is 0 Å². The summed E-state index contributed by atoms with van der Waals surface area (Å²) in [6.45, 7) is 4.11. The lowest BCUT2D eigenvalue weighted by molar-refractivity contribution is 0.119. The maximum atomic E-state index is 6.17. The van der Waals surface area contributed by atoms with E-state index in [1.54, 1.807) is 0 Å². The van der Waals surface area contributed by atoms with Crippen LogP contribution in [0, 0.1) is 0 Å². The van der Waals surface area contributed by atoms with Crippen LogP contribution in [0.25, 0.3) is 5.69 Å². The van der Waals surface area contributed by atoms with Gasteiger partial charge in [0.05, 0.1) is 6.54 Å². The minimum Gasteiger partial charge on any atom is -0.327 e. The van der Waals surface area contributed by atoms with E-state index in [0.717, 1.165) is 18.9 Å².